The van der Waals surface area contributed by atoms with Crippen molar-refractivity contribution in [3.63, 3.8) is 0 Å². The molecule has 34 heavy (non-hydrogen) atoms. The predicted molar refractivity (Wildman–Crippen MR) is 102 cm³/mol. The molecular formula is C20H18F6N2O6. The maximum absolute atomic E-state index is 12.4. The molecule has 1 amide bonds. The minimum atomic E-state index is -5.04. The first kappa shape index (κ1) is 26.7. The van der Waals surface area contributed by atoms with Gasteiger partial charge in [0.25, 0.3) is 5.91 Å². The molecule has 3 atom stereocenters. The Hall–Kier alpha value is -3.52. The number of halogens is 6. The smallest absolute Gasteiger partial charge is 0.479 e. The lowest BCUT2D eigenvalue weighted by molar-refractivity contribution is -0.275. The van der Waals surface area contributed by atoms with Crippen LogP contribution in [0.25, 0.3) is 0 Å². The topological polar surface area (TPSA) is 131 Å². The Balaban J connectivity index is 2.10. The molecule has 0 spiro atoms. The van der Waals surface area contributed by atoms with Crippen LogP contribution in [-0.4, -0.2) is 47.0 Å². The average Bonchev–Trinajstić information content (AvgIpc) is 2.68. The maximum atomic E-state index is 12.4. The zero-order chi connectivity index (χ0) is 25.7. The first-order valence-electron chi connectivity index (χ1n) is 9.32. The van der Waals surface area contributed by atoms with Gasteiger partial charge in [-0.25, -0.2) is 4.79 Å². The number of amides is 1. The molecule has 0 aliphatic carbocycles. The molecule has 0 heterocycles. The highest BCUT2D eigenvalue weighted by atomic mass is 19.4. The number of carboxylic acids is 1. The van der Waals surface area contributed by atoms with Crippen molar-refractivity contribution >= 4 is 11.9 Å². The number of hydrogen-bond donors (Lipinski definition) is 4. The second kappa shape index (κ2) is 10.6. The van der Waals surface area contributed by atoms with Gasteiger partial charge in [-0.2, -0.15) is 0 Å². The van der Waals surface area contributed by atoms with E-state index in [1.165, 1.54) is 12.1 Å². The Bertz CT molecular complexity index is 1010. The standard InChI is InChI=1S/C20H18F6N2O6/c21-19(22,23)33-12-5-1-3-10(7-12)8-14(27)16(29)17(30)28-15(18(31)32)11-4-2-6-13(9-11)34-20(24,25)26/h1-7,9,14-16,29H,8,27H2,(H,28,30)(H,31,32)/t14-,15+,16+/m1/s1. The Morgan fingerprint density at radius 1 is 0.941 bits per heavy atom. The summed E-state index contributed by atoms with van der Waals surface area (Å²) in [5.74, 6) is -4.22. The molecule has 186 valence electrons. The SMILES string of the molecule is N[C@H](Cc1cccc(OC(F)(F)F)c1)[C@H](O)C(=O)N[C@H](C(=O)O)c1cccc(OC(F)(F)F)c1. The molecule has 0 saturated carbocycles. The van der Waals surface area contributed by atoms with Crippen molar-refractivity contribution in [3.05, 3.63) is 59.7 Å². The Kier molecular flexibility index (Phi) is 8.34. The number of benzene rings is 2. The first-order valence-corrected chi connectivity index (χ1v) is 9.32. The van der Waals surface area contributed by atoms with Crippen molar-refractivity contribution in [2.75, 3.05) is 0 Å². The molecule has 14 heteroatoms. The van der Waals surface area contributed by atoms with E-state index in [0.717, 1.165) is 36.4 Å². The van der Waals surface area contributed by atoms with Crippen LogP contribution in [0.2, 0.25) is 0 Å². The fourth-order valence-electron chi connectivity index (χ4n) is 2.85. The minimum Gasteiger partial charge on any atom is -0.479 e. The number of carbonyl (C=O) groups excluding carboxylic acids is 1. The Morgan fingerprint density at radius 3 is 2.00 bits per heavy atom. The molecular weight excluding hydrogens is 478 g/mol. The van der Waals surface area contributed by atoms with E-state index in [2.05, 4.69) is 9.47 Å². The lowest BCUT2D eigenvalue weighted by Gasteiger charge is -2.22. The van der Waals surface area contributed by atoms with Crippen LogP contribution >= 0.6 is 0 Å². The number of aliphatic hydroxyl groups excluding tert-OH is 1. The number of carbonyl (C=O) groups is 2. The van der Waals surface area contributed by atoms with Crippen LogP contribution in [0.5, 0.6) is 11.5 Å². The maximum Gasteiger partial charge on any atom is 0.573 e. The number of hydrogen-bond acceptors (Lipinski definition) is 6. The van der Waals surface area contributed by atoms with Crippen molar-refractivity contribution in [2.24, 2.45) is 5.73 Å². The molecule has 0 unspecified atom stereocenters. The fourth-order valence-corrected chi connectivity index (χ4v) is 2.85. The van der Waals surface area contributed by atoms with Crippen LogP contribution in [0.3, 0.4) is 0 Å². The summed E-state index contributed by atoms with van der Waals surface area (Å²) in [6, 6.07) is 5.20. The summed E-state index contributed by atoms with van der Waals surface area (Å²) in [6.07, 6.45) is -12.3. The van der Waals surface area contributed by atoms with E-state index in [4.69, 9.17) is 5.73 Å². The van der Waals surface area contributed by atoms with Gasteiger partial charge >= 0.3 is 18.7 Å². The first-order chi connectivity index (χ1) is 15.6. The summed E-state index contributed by atoms with van der Waals surface area (Å²) < 4.78 is 81.7. The molecule has 2 aromatic rings. The normalized spacial score (nSPS) is 14.6. The lowest BCUT2D eigenvalue weighted by atomic mass is 10.0. The monoisotopic (exact) mass is 496 g/mol. The van der Waals surface area contributed by atoms with Crippen LogP contribution in [0.4, 0.5) is 26.3 Å². The van der Waals surface area contributed by atoms with E-state index in [-0.39, 0.29) is 17.5 Å². The van der Waals surface area contributed by atoms with Crippen molar-refractivity contribution < 1.29 is 55.6 Å². The van der Waals surface area contributed by atoms with Crippen LogP contribution in [-0.2, 0) is 16.0 Å². The molecule has 2 rings (SSSR count). The van der Waals surface area contributed by atoms with Gasteiger partial charge < -0.3 is 30.7 Å². The second-order valence-corrected chi connectivity index (χ2v) is 6.91. The largest absolute Gasteiger partial charge is 0.573 e. The molecule has 5 N–H and O–H groups in total. The van der Waals surface area contributed by atoms with E-state index >= 15 is 0 Å². The van der Waals surface area contributed by atoms with Gasteiger partial charge in [0.15, 0.2) is 6.04 Å². The van der Waals surface area contributed by atoms with Gasteiger partial charge in [0.2, 0.25) is 0 Å². The van der Waals surface area contributed by atoms with Crippen LogP contribution in [0.1, 0.15) is 17.2 Å². The quantitative estimate of drug-likeness (QED) is 0.393. The zero-order valence-corrected chi connectivity index (χ0v) is 16.9. The summed E-state index contributed by atoms with van der Waals surface area (Å²) in [5.41, 5.74) is 5.63. The summed E-state index contributed by atoms with van der Waals surface area (Å²) in [4.78, 5) is 23.9. The summed E-state index contributed by atoms with van der Waals surface area (Å²) in [7, 11) is 0. The number of ether oxygens (including phenoxy) is 2. The number of alkyl halides is 6. The van der Waals surface area contributed by atoms with E-state index in [1.807, 2.05) is 5.32 Å². The Morgan fingerprint density at radius 2 is 1.47 bits per heavy atom. The van der Waals surface area contributed by atoms with Gasteiger partial charge in [0, 0.05) is 6.04 Å². The van der Waals surface area contributed by atoms with Crippen molar-refractivity contribution in [1.29, 1.82) is 0 Å². The third-order valence-corrected chi connectivity index (χ3v) is 4.24. The van der Waals surface area contributed by atoms with Crippen molar-refractivity contribution in [2.45, 2.75) is 37.3 Å². The van der Waals surface area contributed by atoms with E-state index in [0.29, 0.717) is 0 Å². The number of nitrogens with two attached hydrogens (primary N) is 1. The lowest BCUT2D eigenvalue weighted by Crippen LogP contribution is -2.49. The number of carboxylic acid groups (broad SMARTS) is 1. The number of rotatable bonds is 9. The molecule has 8 nitrogen and oxygen atoms in total. The van der Waals surface area contributed by atoms with Crippen LogP contribution < -0.4 is 20.5 Å². The predicted octanol–water partition coefficient (Wildman–Crippen LogP) is 2.66. The van der Waals surface area contributed by atoms with E-state index in [9.17, 15) is 46.1 Å². The van der Waals surface area contributed by atoms with Gasteiger partial charge in [0.1, 0.15) is 17.6 Å². The van der Waals surface area contributed by atoms with E-state index in [1.54, 1.807) is 0 Å². The second-order valence-electron chi connectivity index (χ2n) is 6.91. The summed E-state index contributed by atoms with van der Waals surface area (Å²) >= 11 is 0. The van der Waals surface area contributed by atoms with Crippen molar-refractivity contribution in [3.8, 4) is 11.5 Å². The molecule has 0 bridgehead atoms. The summed E-state index contributed by atoms with van der Waals surface area (Å²) in [6.45, 7) is 0. The van der Waals surface area contributed by atoms with Gasteiger partial charge in [-0.05, 0) is 41.8 Å². The summed E-state index contributed by atoms with van der Waals surface area (Å²) in [5, 5.41) is 21.5. The van der Waals surface area contributed by atoms with Gasteiger partial charge in [-0.15, -0.1) is 26.3 Å². The molecule has 0 saturated heterocycles. The highest BCUT2D eigenvalue weighted by molar-refractivity contribution is 5.87. The zero-order valence-electron chi connectivity index (χ0n) is 16.9. The molecule has 0 fully saturated rings. The molecule has 0 radical (unpaired) electrons. The fraction of sp³-hybridized carbons (Fsp3) is 0.300. The molecule has 2 aromatic carbocycles. The van der Waals surface area contributed by atoms with Gasteiger partial charge in [-0.1, -0.05) is 24.3 Å². The van der Waals surface area contributed by atoms with Crippen LogP contribution in [0.15, 0.2) is 48.5 Å². The Labute approximate surface area is 187 Å². The molecule has 0 aromatic heterocycles. The van der Waals surface area contributed by atoms with Crippen molar-refractivity contribution in [1.82, 2.24) is 5.32 Å². The third kappa shape index (κ3) is 8.44. The number of aliphatic carboxylic acids is 1. The molecule has 0 aliphatic heterocycles. The van der Waals surface area contributed by atoms with Gasteiger partial charge in [-0.3, -0.25) is 4.79 Å². The highest BCUT2D eigenvalue weighted by Crippen LogP contribution is 2.26. The number of nitrogens with one attached hydrogen (secondary N) is 1. The number of aliphatic hydroxyl groups is 1. The highest BCUT2D eigenvalue weighted by Gasteiger charge is 2.33. The average molecular weight is 496 g/mol. The molecule has 0 aliphatic rings. The van der Waals surface area contributed by atoms with Crippen LogP contribution in [0, 0.1) is 0 Å². The van der Waals surface area contributed by atoms with E-state index < -0.39 is 54.3 Å². The minimum absolute atomic E-state index is 0.174. The third-order valence-electron chi connectivity index (χ3n) is 4.24. The van der Waals surface area contributed by atoms with Gasteiger partial charge in [0.05, 0.1) is 0 Å².